The minimum Gasteiger partial charge on any atom is -0.460 e. The Balaban J connectivity index is 1.45. The molecule has 0 radical (unpaired) electrons. The summed E-state index contributed by atoms with van der Waals surface area (Å²) in [6.07, 6.45) is -0.229. The Morgan fingerprint density at radius 3 is 2.39 bits per heavy atom. The fourth-order valence-corrected chi connectivity index (χ4v) is 4.22. The molecular weight excluding hydrogens is 488 g/mol. The highest BCUT2D eigenvalue weighted by atomic mass is 35.5. The average molecular weight is 515 g/mol. The number of nitrogens with one attached hydrogen (secondary N) is 2. The predicted molar refractivity (Wildman–Crippen MR) is 134 cm³/mol. The van der Waals surface area contributed by atoms with E-state index in [9.17, 15) is 19.2 Å². The summed E-state index contributed by atoms with van der Waals surface area (Å²) >= 11 is 5.91. The maximum absolute atomic E-state index is 13.2. The van der Waals surface area contributed by atoms with Crippen LogP contribution < -0.4 is 15.5 Å². The van der Waals surface area contributed by atoms with Gasteiger partial charge in [0, 0.05) is 41.5 Å². The van der Waals surface area contributed by atoms with Crippen molar-refractivity contribution in [3.63, 3.8) is 0 Å². The lowest BCUT2D eigenvalue weighted by molar-refractivity contribution is -0.148. The Morgan fingerprint density at radius 1 is 1.06 bits per heavy atom. The largest absolute Gasteiger partial charge is 0.460 e. The average Bonchev–Trinajstić information content (AvgIpc) is 3.30. The number of carbonyl (C=O) groups excluding carboxylic acids is 4. The first-order chi connectivity index (χ1) is 17.3. The minimum absolute atomic E-state index is 0.0395. The van der Waals surface area contributed by atoms with Crippen molar-refractivity contribution in [1.29, 1.82) is 0 Å². The van der Waals surface area contributed by atoms with Crippen LogP contribution in [0.25, 0.3) is 0 Å². The third-order valence-electron chi connectivity index (χ3n) is 5.94. The molecule has 2 saturated heterocycles. The second kappa shape index (κ2) is 11.4. The summed E-state index contributed by atoms with van der Waals surface area (Å²) in [6, 6.07) is 12.1. The Hall–Kier alpha value is -3.63. The topological polar surface area (TPSA) is 117 Å². The van der Waals surface area contributed by atoms with Gasteiger partial charge >= 0.3 is 12.0 Å². The van der Waals surface area contributed by atoms with Crippen LogP contribution >= 0.6 is 11.6 Å². The van der Waals surface area contributed by atoms with Crippen molar-refractivity contribution in [2.45, 2.75) is 31.9 Å². The summed E-state index contributed by atoms with van der Waals surface area (Å²) in [7, 11) is 0. The molecule has 2 aliphatic heterocycles. The van der Waals surface area contributed by atoms with Crippen LogP contribution in [-0.4, -0.2) is 67.2 Å². The van der Waals surface area contributed by atoms with Gasteiger partial charge in [-0.2, -0.15) is 0 Å². The van der Waals surface area contributed by atoms with Gasteiger partial charge in [0.25, 0.3) is 5.91 Å². The first-order valence-corrected chi connectivity index (χ1v) is 12.0. The van der Waals surface area contributed by atoms with E-state index in [0.717, 1.165) is 0 Å². The van der Waals surface area contributed by atoms with Crippen LogP contribution in [0.5, 0.6) is 0 Å². The molecule has 0 aliphatic carbocycles. The zero-order chi connectivity index (χ0) is 25.7. The number of likely N-dealkylation sites (tertiary alicyclic amines) is 1. The van der Waals surface area contributed by atoms with Crippen molar-refractivity contribution >= 4 is 52.5 Å². The Kier molecular flexibility index (Phi) is 8.07. The molecule has 0 aromatic heterocycles. The van der Waals surface area contributed by atoms with E-state index >= 15 is 0 Å². The van der Waals surface area contributed by atoms with E-state index < -0.39 is 30.1 Å². The minimum atomic E-state index is -0.854. The summed E-state index contributed by atoms with van der Waals surface area (Å²) in [5.74, 6) is -0.933. The number of nitrogens with zero attached hydrogens (tertiary/aromatic N) is 2. The van der Waals surface area contributed by atoms with Gasteiger partial charge in [0.15, 0.2) is 0 Å². The fourth-order valence-electron chi connectivity index (χ4n) is 4.09. The van der Waals surface area contributed by atoms with Gasteiger partial charge in [0.2, 0.25) is 5.91 Å². The second-order valence-corrected chi connectivity index (χ2v) is 8.88. The Labute approximate surface area is 213 Å². The number of esters is 1. The highest BCUT2D eigenvalue weighted by molar-refractivity contribution is 6.30. The Bertz CT molecular complexity index is 1120. The third-order valence-corrected chi connectivity index (χ3v) is 6.19. The molecule has 4 amide bonds. The van der Waals surface area contributed by atoms with E-state index in [1.54, 1.807) is 60.4 Å². The molecule has 2 aromatic carbocycles. The maximum atomic E-state index is 13.2. The number of amides is 4. The number of benzene rings is 2. The summed E-state index contributed by atoms with van der Waals surface area (Å²) < 4.78 is 10.6. The molecule has 2 atom stereocenters. The number of urea groups is 1. The molecule has 2 heterocycles. The molecule has 0 unspecified atom stereocenters. The third kappa shape index (κ3) is 6.13. The van der Waals surface area contributed by atoms with Gasteiger partial charge in [-0.25, -0.2) is 4.79 Å². The van der Waals surface area contributed by atoms with E-state index in [0.29, 0.717) is 35.2 Å². The normalized spacial score (nSPS) is 19.7. The maximum Gasteiger partial charge on any atom is 0.322 e. The van der Waals surface area contributed by atoms with Crippen molar-refractivity contribution < 1.29 is 28.7 Å². The van der Waals surface area contributed by atoms with Crippen LogP contribution in [-0.2, 0) is 23.9 Å². The number of rotatable bonds is 6. The lowest BCUT2D eigenvalue weighted by Crippen LogP contribution is -2.45. The molecule has 2 aromatic rings. The Morgan fingerprint density at radius 2 is 1.72 bits per heavy atom. The highest BCUT2D eigenvalue weighted by Gasteiger charge is 2.41. The molecule has 36 heavy (non-hydrogen) atoms. The van der Waals surface area contributed by atoms with Crippen LogP contribution in [0.1, 0.15) is 19.8 Å². The van der Waals surface area contributed by atoms with Gasteiger partial charge < -0.3 is 29.9 Å². The second-order valence-electron chi connectivity index (χ2n) is 8.44. The van der Waals surface area contributed by atoms with E-state index in [2.05, 4.69) is 10.6 Å². The van der Waals surface area contributed by atoms with E-state index in [-0.39, 0.29) is 31.9 Å². The molecule has 4 rings (SSSR count). The molecular formula is C25H27ClN4O6. The van der Waals surface area contributed by atoms with Gasteiger partial charge in [-0.3, -0.25) is 14.4 Å². The van der Waals surface area contributed by atoms with E-state index in [4.69, 9.17) is 21.1 Å². The number of halogens is 1. The molecule has 2 aliphatic rings. The smallest absolute Gasteiger partial charge is 0.322 e. The van der Waals surface area contributed by atoms with E-state index in [1.807, 2.05) is 0 Å². The number of anilines is 3. The number of hydrogen-bond donors (Lipinski definition) is 2. The van der Waals surface area contributed by atoms with Crippen molar-refractivity contribution in [2.24, 2.45) is 0 Å². The highest BCUT2D eigenvalue weighted by Crippen LogP contribution is 2.25. The van der Waals surface area contributed by atoms with Gasteiger partial charge in [-0.05, 0) is 48.5 Å². The number of hydrogen-bond acceptors (Lipinski definition) is 6. The summed E-state index contributed by atoms with van der Waals surface area (Å²) in [5, 5.41) is 6.11. The fraction of sp³-hybridized carbons (Fsp3) is 0.360. The van der Waals surface area contributed by atoms with Crippen LogP contribution in [0.15, 0.2) is 48.5 Å². The van der Waals surface area contributed by atoms with Crippen molar-refractivity contribution in [3.05, 3.63) is 53.6 Å². The van der Waals surface area contributed by atoms with Gasteiger partial charge in [0.1, 0.15) is 18.8 Å². The zero-order valence-corrected chi connectivity index (χ0v) is 20.5. The van der Waals surface area contributed by atoms with Gasteiger partial charge in [0.05, 0.1) is 13.2 Å². The quantitative estimate of drug-likeness (QED) is 0.571. The number of carbonyl (C=O) groups is 4. The molecule has 190 valence electrons. The van der Waals surface area contributed by atoms with Crippen molar-refractivity contribution in [1.82, 2.24) is 4.90 Å². The van der Waals surface area contributed by atoms with Crippen LogP contribution in [0.4, 0.5) is 21.9 Å². The SMILES string of the molecule is CCC(=O)O[C@@H]1C[C@H](C(=O)Nc2ccc(N3CCOCC3=O)cc2)N(C(=O)Nc2ccc(Cl)cc2)C1. The first kappa shape index (κ1) is 25.5. The first-order valence-electron chi connectivity index (χ1n) is 11.7. The van der Waals surface area contributed by atoms with Crippen molar-refractivity contribution in [2.75, 3.05) is 41.8 Å². The lowest BCUT2D eigenvalue weighted by Gasteiger charge is -2.27. The lowest BCUT2D eigenvalue weighted by atomic mass is 10.1. The summed E-state index contributed by atoms with van der Waals surface area (Å²) in [6.45, 7) is 2.73. The molecule has 10 nitrogen and oxygen atoms in total. The monoisotopic (exact) mass is 514 g/mol. The number of ether oxygens (including phenoxy) is 2. The molecule has 0 saturated carbocycles. The zero-order valence-electron chi connectivity index (χ0n) is 19.7. The van der Waals surface area contributed by atoms with Crippen LogP contribution in [0.3, 0.4) is 0 Å². The molecule has 0 spiro atoms. The molecule has 2 N–H and O–H groups in total. The molecule has 11 heteroatoms. The van der Waals surface area contributed by atoms with Gasteiger partial charge in [-0.15, -0.1) is 0 Å². The van der Waals surface area contributed by atoms with E-state index in [1.165, 1.54) is 4.90 Å². The van der Waals surface area contributed by atoms with Crippen molar-refractivity contribution in [3.8, 4) is 0 Å². The predicted octanol–water partition coefficient (Wildman–Crippen LogP) is 3.27. The van der Waals surface area contributed by atoms with Crippen LogP contribution in [0, 0.1) is 0 Å². The number of morpholine rings is 1. The standard InChI is InChI=1S/C25H27ClN4O6/c1-2-23(32)36-20-13-21(30(14-20)25(34)28-18-5-3-16(26)4-6-18)24(33)27-17-7-9-19(10-8-17)29-11-12-35-15-22(29)31/h3-10,20-21H,2,11-15H2,1H3,(H,27,33)(H,28,34)/t20-,21-/m1/s1. The summed E-state index contributed by atoms with van der Waals surface area (Å²) in [4.78, 5) is 53.1. The summed E-state index contributed by atoms with van der Waals surface area (Å²) in [5.41, 5.74) is 1.74. The van der Waals surface area contributed by atoms with Gasteiger partial charge in [-0.1, -0.05) is 18.5 Å². The van der Waals surface area contributed by atoms with Crippen LogP contribution in [0.2, 0.25) is 5.02 Å². The molecule has 2 fully saturated rings. The molecule has 0 bridgehead atoms.